The lowest BCUT2D eigenvalue weighted by atomic mass is 10.0. The van der Waals surface area contributed by atoms with Crippen LogP contribution in [0.3, 0.4) is 0 Å². The van der Waals surface area contributed by atoms with Crippen molar-refractivity contribution >= 4 is 17.5 Å². The topological polar surface area (TPSA) is 76.8 Å². The van der Waals surface area contributed by atoms with E-state index in [-0.39, 0.29) is 18.0 Å². The van der Waals surface area contributed by atoms with Crippen molar-refractivity contribution in [2.75, 3.05) is 33.4 Å². The summed E-state index contributed by atoms with van der Waals surface area (Å²) in [5.41, 5.74) is 5.96. The van der Waals surface area contributed by atoms with E-state index < -0.39 is 0 Å². The van der Waals surface area contributed by atoms with Gasteiger partial charge in [0.1, 0.15) is 0 Å². The molecule has 26 heavy (non-hydrogen) atoms. The molecule has 1 atom stereocenters. The van der Waals surface area contributed by atoms with Gasteiger partial charge in [-0.15, -0.1) is 0 Å². The van der Waals surface area contributed by atoms with E-state index in [0.717, 1.165) is 32.4 Å². The second-order valence-electron chi connectivity index (χ2n) is 6.78. The Hall–Kier alpha value is -1.50. The molecule has 0 saturated carbocycles. The number of piperidine rings is 1. The maximum absolute atomic E-state index is 13.3. The van der Waals surface area contributed by atoms with Gasteiger partial charge in [0.15, 0.2) is 11.5 Å². The van der Waals surface area contributed by atoms with Crippen LogP contribution in [0.1, 0.15) is 43.5 Å². The zero-order valence-corrected chi connectivity index (χ0v) is 16.6. The summed E-state index contributed by atoms with van der Waals surface area (Å²) >= 11 is 6.41. The highest BCUT2D eigenvalue weighted by Gasteiger charge is 2.30. The number of ether oxygens (including phenoxy) is 2. The third-order valence-corrected chi connectivity index (χ3v) is 4.86. The Kier molecular flexibility index (Phi) is 8.00. The van der Waals surface area contributed by atoms with E-state index in [9.17, 15) is 4.79 Å². The molecule has 1 aliphatic rings. The van der Waals surface area contributed by atoms with E-state index >= 15 is 0 Å². The molecule has 0 aromatic heterocycles. The van der Waals surface area contributed by atoms with Crippen LogP contribution in [0.25, 0.3) is 0 Å². The van der Waals surface area contributed by atoms with Crippen LogP contribution in [-0.4, -0.2) is 56.2 Å². The highest BCUT2D eigenvalue weighted by atomic mass is 35.5. The molecule has 1 heterocycles. The summed E-state index contributed by atoms with van der Waals surface area (Å²) in [4.78, 5) is 15.2. The van der Waals surface area contributed by atoms with E-state index in [1.54, 1.807) is 19.2 Å². The Morgan fingerprint density at radius 3 is 2.77 bits per heavy atom. The van der Waals surface area contributed by atoms with Crippen LogP contribution in [0, 0.1) is 0 Å². The number of benzene rings is 1. The number of carbonyl (C=O) groups excluding carboxylic acids is 1. The Labute approximate surface area is 161 Å². The quantitative estimate of drug-likeness (QED) is 0.675. The molecule has 0 bridgehead atoms. The molecular formula is C19H30ClN3O3. The summed E-state index contributed by atoms with van der Waals surface area (Å²) in [6.07, 6.45) is 2.77. The summed E-state index contributed by atoms with van der Waals surface area (Å²) in [6.45, 7) is 6.86. The van der Waals surface area contributed by atoms with Gasteiger partial charge in [-0.05, 0) is 52.3 Å². The molecule has 1 aromatic rings. The Morgan fingerprint density at radius 1 is 1.42 bits per heavy atom. The SMILES string of the molecule is COc1cc(Cl)c(C(=O)N(C(C)C)[C@@H]2CCCNC2)cc1OCCCN. The molecular weight excluding hydrogens is 354 g/mol. The Balaban J connectivity index is 2.31. The van der Waals surface area contributed by atoms with Gasteiger partial charge in [-0.3, -0.25) is 4.79 Å². The van der Waals surface area contributed by atoms with Gasteiger partial charge in [0.25, 0.3) is 5.91 Å². The first-order valence-corrected chi connectivity index (χ1v) is 9.61. The first-order chi connectivity index (χ1) is 12.5. The fourth-order valence-corrected chi connectivity index (χ4v) is 3.50. The number of amides is 1. The number of hydrogen-bond acceptors (Lipinski definition) is 5. The van der Waals surface area contributed by atoms with Crippen molar-refractivity contribution < 1.29 is 14.3 Å². The third-order valence-electron chi connectivity index (χ3n) is 4.54. The zero-order chi connectivity index (χ0) is 19.1. The molecule has 1 saturated heterocycles. The van der Waals surface area contributed by atoms with Crippen LogP contribution in [-0.2, 0) is 0 Å². The molecule has 0 radical (unpaired) electrons. The Morgan fingerprint density at radius 2 is 2.19 bits per heavy atom. The van der Waals surface area contributed by atoms with E-state index in [4.69, 9.17) is 26.8 Å². The number of nitrogens with one attached hydrogen (secondary N) is 1. The van der Waals surface area contributed by atoms with Crippen LogP contribution in [0.5, 0.6) is 11.5 Å². The van der Waals surface area contributed by atoms with Crippen molar-refractivity contribution in [3.8, 4) is 11.5 Å². The number of halogens is 1. The van der Waals surface area contributed by atoms with E-state index in [2.05, 4.69) is 5.32 Å². The minimum atomic E-state index is -0.0787. The monoisotopic (exact) mass is 383 g/mol. The first kappa shape index (κ1) is 20.8. The molecule has 0 unspecified atom stereocenters. The average Bonchev–Trinajstić information content (AvgIpc) is 2.63. The van der Waals surface area contributed by atoms with E-state index in [1.165, 1.54) is 0 Å². The molecule has 0 aliphatic carbocycles. The lowest BCUT2D eigenvalue weighted by molar-refractivity contribution is 0.0573. The molecule has 1 amide bonds. The minimum absolute atomic E-state index is 0.0761. The lowest BCUT2D eigenvalue weighted by Crippen LogP contribution is -2.51. The normalized spacial score (nSPS) is 17.2. The molecule has 7 heteroatoms. The maximum Gasteiger partial charge on any atom is 0.256 e. The second kappa shape index (κ2) is 10.00. The molecule has 2 rings (SSSR count). The summed E-state index contributed by atoms with van der Waals surface area (Å²) < 4.78 is 11.1. The Bertz CT molecular complexity index is 604. The highest BCUT2D eigenvalue weighted by Crippen LogP contribution is 2.34. The van der Waals surface area contributed by atoms with Gasteiger partial charge in [0.05, 0.1) is 24.3 Å². The average molecular weight is 384 g/mol. The van der Waals surface area contributed by atoms with Crippen molar-refractivity contribution in [3.05, 3.63) is 22.7 Å². The van der Waals surface area contributed by atoms with Crippen molar-refractivity contribution in [2.45, 2.75) is 45.2 Å². The van der Waals surface area contributed by atoms with Gasteiger partial charge in [-0.1, -0.05) is 11.6 Å². The first-order valence-electron chi connectivity index (χ1n) is 9.23. The molecule has 1 aliphatic heterocycles. The third kappa shape index (κ3) is 5.02. The molecule has 3 N–H and O–H groups in total. The van der Waals surface area contributed by atoms with Crippen LogP contribution in [0.4, 0.5) is 0 Å². The highest BCUT2D eigenvalue weighted by molar-refractivity contribution is 6.34. The van der Waals surface area contributed by atoms with Gasteiger partial charge in [-0.2, -0.15) is 0 Å². The van der Waals surface area contributed by atoms with Gasteiger partial charge in [-0.25, -0.2) is 0 Å². The number of nitrogens with two attached hydrogens (primary N) is 1. The van der Waals surface area contributed by atoms with Crippen LogP contribution in [0.2, 0.25) is 5.02 Å². The molecule has 0 spiro atoms. The predicted molar refractivity (Wildman–Crippen MR) is 104 cm³/mol. The van der Waals surface area contributed by atoms with Gasteiger partial charge in [0, 0.05) is 24.7 Å². The summed E-state index contributed by atoms with van der Waals surface area (Å²) in [5, 5.41) is 3.74. The van der Waals surface area contributed by atoms with E-state index in [1.807, 2.05) is 18.7 Å². The van der Waals surface area contributed by atoms with Gasteiger partial charge in [0.2, 0.25) is 0 Å². The molecule has 1 fully saturated rings. The van der Waals surface area contributed by atoms with Crippen LogP contribution < -0.4 is 20.5 Å². The van der Waals surface area contributed by atoms with Crippen molar-refractivity contribution in [2.24, 2.45) is 5.73 Å². The summed E-state index contributed by atoms with van der Waals surface area (Å²) in [5.74, 6) is 0.947. The molecule has 6 nitrogen and oxygen atoms in total. The number of methoxy groups -OCH3 is 1. The fourth-order valence-electron chi connectivity index (χ4n) is 3.27. The fraction of sp³-hybridized carbons (Fsp3) is 0.632. The molecule has 1 aromatic carbocycles. The number of hydrogen-bond donors (Lipinski definition) is 2. The summed E-state index contributed by atoms with van der Waals surface area (Å²) in [6, 6.07) is 3.57. The van der Waals surface area contributed by atoms with Crippen LogP contribution >= 0.6 is 11.6 Å². The van der Waals surface area contributed by atoms with Crippen molar-refractivity contribution in [1.29, 1.82) is 0 Å². The standard InChI is InChI=1S/C19H30ClN3O3/c1-13(2)23(14-6-4-8-22-12-14)19(24)15-10-18(26-9-5-7-21)17(25-3)11-16(15)20/h10-11,13-14,22H,4-9,12,21H2,1-3H3/t14-/m1/s1. The van der Waals surface area contributed by atoms with Gasteiger partial charge >= 0.3 is 0 Å². The van der Waals surface area contributed by atoms with Crippen molar-refractivity contribution in [3.63, 3.8) is 0 Å². The number of nitrogens with zero attached hydrogens (tertiary/aromatic N) is 1. The smallest absolute Gasteiger partial charge is 0.256 e. The second-order valence-corrected chi connectivity index (χ2v) is 7.19. The van der Waals surface area contributed by atoms with Crippen molar-refractivity contribution in [1.82, 2.24) is 10.2 Å². The van der Waals surface area contributed by atoms with E-state index in [0.29, 0.717) is 35.2 Å². The summed E-state index contributed by atoms with van der Waals surface area (Å²) in [7, 11) is 1.55. The number of carbonyl (C=O) groups is 1. The zero-order valence-electron chi connectivity index (χ0n) is 15.9. The van der Waals surface area contributed by atoms with Gasteiger partial charge < -0.3 is 25.4 Å². The lowest BCUT2D eigenvalue weighted by Gasteiger charge is -2.38. The number of rotatable bonds is 8. The predicted octanol–water partition coefficient (Wildman–Crippen LogP) is 2.68. The maximum atomic E-state index is 13.3. The van der Waals surface area contributed by atoms with Crippen LogP contribution in [0.15, 0.2) is 12.1 Å². The largest absolute Gasteiger partial charge is 0.493 e. The molecule has 146 valence electrons. The minimum Gasteiger partial charge on any atom is -0.493 e.